The third kappa shape index (κ3) is 1.79. The van der Waals surface area contributed by atoms with Gasteiger partial charge in [0.1, 0.15) is 5.75 Å². The first-order chi connectivity index (χ1) is 7.10. The third-order valence-electron chi connectivity index (χ3n) is 3.36. The molecule has 2 N–H and O–H groups in total. The predicted molar refractivity (Wildman–Crippen MR) is 65.3 cm³/mol. The summed E-state index contributed by atoms with van der Waals surface area (Å²) in [6.45, 7) is 2.08. The molecule has 1 aliphatic carbocycles. The van der Waals surface area contributed by atoms with Crippen molar-refractivity contribution < 1.29 is 4.74 Å². The zero-order valence-corrected chi connectivity index (χ0v) is 10.7. The Morgan fingerprint density at radius 1 is 1.47 bits per heavy atom. The van der Waals surface area contributed by atoms with Gasteiger partial charge >= 0.3 is 0 Å². The highest BCUT2D eigenvalue weighted by molar-refractivity contribution is 9.10. The molecule has 0 spiro atoms. The maximum absolute atomic E-state index is 6.06. The molecule has 0 saturated heterocycles. The van der Waals surface area contributed by atoms with Crippen LogP contribution in [0.2, 0.25) is 0 Å². The Labute approximate surface area is 98.9 Å². The lowest BCUT2D eigenvalue weighted by Crippen LogP contribution is -2.31. The maximum Gasteiger partial charge on any atom is 0.123 e. The molecule has 1 aliphatic rings. The first-order valence-electron chi connectivity index (χ1n) is 5.20. The first kappa shape index (κ1) is 11.0. The van der Waals surface area contributed by atoms with Gasteiger partial charge in [-0.05, 0) is 31.9 Å². The van der Waals surface area contributed by atoms with Crippen molar-refractivity contribution in [1.29, 1.82) is 0 Å². The fraction of sp³-hybridized carbons (Fsp3) is 0.500. The summed E-state index contributed by atoms with van der Waals surface area (Å²) >= 11 is 3.45. The molecule has 1 fully saturated rings. The van der Waals surface area contributed by atoms with E-state index in [4.69, 9.17) is 10.5 Å². The number of ether oxygens (including phenoxy) is 1. The summed E-state index contributed by atoms with van der Waals surface area (Å²) in [5.41, 5.74) is 7.47. The van der Waals surface area contributed by atoms with Crippen molar-refractivity contribution in [1.82, 2.24) is 0 Å². The van der Waals surface area contributed by atoms with Crippen molar-refractivity contribution in [2.45, 2.75) is 31.2 Å². The molecule has 1 aromatic rings. The molecule has 0 amide bonds. The lowest BCUT2D eigenvalue weighted by molar-refractivity contribution is 0.398. The number of halogens is 1. The van der Waals surface area contributed by atoms with Gasteiger partial charge in [-0.3, -0.25) is 0 Å². The summed E-state index contributed by atoms with van der Waals surface area (Å²) in [4.78, 5) is 0. The number of nitrogens with two attached hydrogens (primary N) is 1. The molecule has 0 radical (unpaired) electrons. The normalized spacial score (nSPS) is 19.7. The molecular formula is C12H16BrNO. The quantitative estimate of drug-likeness (QED) is 0.916. The van der Waals surface area contributed by atoms with Crippen molar-refractivity contribution in [2.75, 3.05) is 7.11 Å². The molecule has 0 bridgehead atoms. The summed E-state index contributed by atoms with van der Waals surface area (Å²) in [6.07, 6.45) is 2.34. The summed E-state index contributed by atoms with van der Waals surface area (Å²) < 4.78 is 6.46. The molecule has 1 aromatic carbocycles. The molecule has 0 heterocycles. The lowest BCUT2D eigenvalue weighted by atomic mass is 9.89. The van der Waals surface area contributed by atoms with Gasteiger partial charge in [0.2, 0.25) is 0 Å². The number of rotatable bonds is 3. The topological polar surface area (TPSA) is 35.2 Å². The molecule has 1 unspecified atom stereocenters. The van der Waals surface area contributed by atoms with E-state index >= 15 is 0 Å². The van der Waals surface area contributed by atoms with E-state index in [1.165, 1.54) is 18.4 Å². The van der Waals surface area contributed by atoms with Crippen LogP contribution < -0.4 is 10.5 Å². The molecule has 0 aliphatic heterocycles. The van der Waals surface area contributed by atoms with E-state index in [0.29, 0.717) is 0 Å². The van der Waals surface area contributed by atoms with E-state index in [0.717, 1.165) is 10.2 Å². The maximum atomic E-state index is 6.06. The van der Waals surface area contributed by atoms with Crippen LogP contribution in [0.1, 0.15) is 25.3 Å². The van der Waals surface area contributed by atoms with E-state index in [-0.39, 0.29) is 11.5 Å². The van der Waals surface area contributed by atoms with E-state index in [1.807, 2.05) is 6.07 Å². The van der Waals surface area contributed by atoms with Gasteiger partial charge in [0.25, 0.3) is 0 Å². The van der Waals surface area contributed by atoms with Gasteiger partial charge in [-0.15, -0.1) is 0 Å². The average Bonchev–Trinajstić information content (AvgIpc) is 2.98. The lowest BCUT2D eigenvalue weighted by Gasteiger charge is -2.22. The number of benzene rings is 1. The summed E-state index contributed by atoms with van der Waals surface area (Å²) in [6, 6.07) is 6.38. The van der Waals surface area contributed by atoms with Gasteiger partial charge in [-0.1, -0.05) is 22.0 Å². The van der Waals surface area contributed by atoms with Crippen LogP contribution in [-0.4, -0.2) is 13.2 Å². The third-order valence-corrected chi connectivity index (χ3v) is 3.85. The average molecular weight is 270 g/mol. The van der Waals surface area contributed by atoms with Crippen molar-refractivity contribution >= 4 is 15.9 Å². The van der Waals surface area contributed by atoms with Crippen LogP contribution in [0.15, 0.2) is 22.7 Å². The molecular weight excluding hydrogens is 254 g/mol. The number of hydrogen-bond acceptors (Lipinski definition) is 2. The first-order valence-corrected chi connectivity index (χ1v) is 5.99. The minimum Gasteiger partial charge on any atom is -0.496 e. The van der Waals surface area contributed by atoms with Gasteiger partial charge in [0.05, 0.1) is 7.11 Å². The molecule has 1 atom stereocenters. The van der Waals surface area contributed by atoms with E-state index < -0.39 is 0 Å². The van der Waals surface area contributed by atoms with E-state index in [1.54, 1.807) is 7.11 Å². The van der Waals surface area contributed by atoms with Crippen molar-refractivity contribution in [3.63, 3.8) is 0 Å². The molecule has 3 heteroatoms. The Balaban J connectivity index is 2.44. The van der Waals surface area contributed by atoms with Crippen molar-refractivity contribution in [3.05, 3.63) is 28.2 Å². The molecule has 82 valence electrons. The zero-order valence-electron chi connectivity index (χ0n) is 9.09. The van der Waals surface area contributed by atoms with Crippen LogP contribution >= 0.6 is 15.9 Å². The van der Waals surface area contributed by atoms with Crippen LogP contribution in [0.3, 0.4) is 0 Å². The summed E-state index contributed by atoms with van der Waals surface area (Å²) in [7, 11) is 1.71. The standard InChI is InChI=1S/C12H16BrNO/c1-8(14)12(5-6-12)10-4-3-9(13)7-11(10)15-2/h3-4,7-8H,5-6,14H2,1-2H3. The minimum absolute atomic E-state index is 0.159. The van der Waals surface area contributed by atoms with Gasteiger partial charge in [-0.2, -0.15) is 0 Å². The second-order valence-electron chi connectivity index (χ2n) is 4.29. The minimum atomic E-state index is 0.159. The second-order valence-corrected chi connectivity index (χ2v) is 5.21. The fourth-order valence-corrected chi connectivity index (χ4v) is 2.52. The Bertz CT molecular complexity index is 372. The van der Waals surface area contributed by atoms with Gasteiger partial charge in [0.15, 0.2) is 0 Å². The molecule has 0 aromatic heterocycles. The molecule has 2 nitrogen and oxygen atoms in total. The summed E-state index contributed by atoms with van der Waals surface area (Å²) in [5, 5.41) is 0. The van der Waals surface area contributed by atoms with Crippen LogP contribution in [0.5, 0.6) is 5.75 Å². The Hall–Kier alpha value is -0.540. The molecule has 15 heavy (non-hydrogen) atoms. The number of hydrogen-bond donors (Lipinski definition) is 1. The SMILES string of the molecule is COc1cc(Br)ccc1C1(C(C)N)CC1. The largest absolute Gasteiger partial charge is 0.496 e. The highest BCUT2D eigenvalue weighted by Gasteiger charge is 2.49. The van der Waals surface area contributed by atoms with Gasteiger partial charge in [-0.25, -0.2) is 0 Å². The predicted octanol–water partition coefficient (Wildman–Crippen LogP) is 2.84. The van der Waals surface area contributed by atoms with Gasteiger partial charge in [0, 0.05) is 21.5 Å². The fourth-order valence-electron chi connectivity index (χ4n) is 2.18. The van der Waals surface area contributed by atoms with Crippen LogP contribution in [0, 0.1) is 0 Å². The second kappa shape index (κ2) is 3.80. The Kier molecular flexibility index (Phi) is 2.77. The van der Waals surface area contributed by atoms with Crippen LogP contribution in [0.25, 0.3) is 0 Å². The van der Waals surface area contributed by atoms with Crippen LogP contribution in [0.4, 0.5) is 0 Å². The van der Waals surface area contributed by atoms with E-state index in [2.05, 4.69) is 35.0 Å². The molecule has 1 saturated carbocycles. The number of methoxy groups -OCH3 is 1. The van der Waals surface area contributed by atoms with E-state index in [9.17, 15) is 0 Å². The smallest absolute Gasteiger partial charge is 0.123 e. The summed E-state index contributed by atoms with van der Waals surface area (Å²) in [5.74, 6) is 0.944. The van der Waals surface area contributed by atoms with Crippen molar-refractivity contribution in [3.8, 4) is 5.75 Å². The highest BCUT2D eigenvalue weighted by atomic mass is 79.9. The van der Waals surface area contributed by atoms with Crippen LogP contribution in [-0.2, 0) is 5.41 Å². The van der Waals surface area contributed by atoms with Crippen molar-refractivity contribution in [2.24, 2.45) is 5.73 Å². The zero-order chi connectivity index (χ0) is 11.1. The highest BCUT2D eigenvalue weighted by Crippen LogP contribution is 2.53. The Morgan fingerprint density at radius 2 is 2.13 bits per heavy atom. The Morgan fingerprint density at radius 3 is 2.60 bits per heavy atom. The van der Waals surface area contributed by atoms with Gasteiger partial charge < -0.3 is 10.5 Å². The monoisotopic (exact) mass is 269 g/mol. The molecule has 2 rings (SSSR count).